The second kappa shape index (κ2) is 9.02. The molecule has 118 valence electrons. The number of aromatic nitrogens is 1. The Morgan fingerprint density at radius 1 is 1.43 bits per heavy atom. The van der Waals surface area contributed by atoms with Crippen molar-refractivity contribution in [3.05, 3.63) is 22.1 Å². The molecule has 0 saturated carbocycles. The molecule has 0 amide bonds. The Morgan fingerprint density at radius 2 is 2.14 bits per heavy atom. The molecule has 0 saturated heterocycles. The number of rotatable bonds is 9. The number of aliphatic carboxylic acids is 1. The minimum Gasteiger partial charge on any atom is -0.479 e. The van der Waals surface area contributed by atoms with Gasteiger partial charge in [0.2, 0.25) is 11.8 Å². The van der Waals surface area contributed by atoms with Crippen LogP contribution < -0.4 is 4.74 Å². The molecule has 1 unspecified atom stereocenters. The van der Waals surface area contributed by atoms with Crippen molar-refractivity contribution in [2.24, 2.45) is 0 Å². The number of halogens is 3. The van der Waals surface area contributed by atoms with Crippen LogP contribution in [0.3, 0.4) is 0 Å². The minimum atomic E-state index is -1.22. The van der Waals surface area contributed by atoms with Gasteiger partial charge in [0.05, 0.1) is 11.6 Å². The zero-order valence-electron chi connectivity index (χ0n) is 11.4. The lowest BCUT2D eigenvalue weighted by Crippen LogP contribution is -2.29. The number of hydrogen-bond donors (Lipinski definition) is 1. The van der Waals surface area contributed by atoms with E-state index in [4.69, 9.17) is 37.8 Å². The predicted octanol–water partition coefficient (Wildman–Crippen LogP) is 3.57. The number of hydrogen-bond acceptors (Lipinski definition) is 4. The monoisotopic (exact) mass is 339 g/mol. The molecule has 1 rings (SSSR count). The van der Waals surface area contributed by atoms with Crippen LogP contribution in [0.15, 0.2) is 6.07 Å². The molecule has 0 radical (unpaired) electrons. The predicted molar refractivity (Wildman–Crippen MR) is 76.6 cm³/mol. The summed E-state index contributed by atoms with van der Waals surface area (Å²) in [5.41, 5.74) is 0. The normalized spacial score (nSPS) is 12.2. The van der Waals surface area contributed by atoms with Gasteiger partial charge in [-0.2, -0.15) is 9.37 Å². The van der Waals surface area contributed by atoms with Crippen LogP contribution in [-0.4, -0.2) is 35.4 Å². The lowest BCUT2D eigenvalue weighted by molar-refractivity contribution is -0.146. The molecule has 0 aliphatic heterocycles. The Bertz CT molecular complexity index is 487. The third-order valence-corrected chi connectivity index (χ3v) is 3.09. The highest BCUT2D eigenvalue weighted by Gasteiger charge is 2.22. The van der Waals surface area contributed by atoms with Gasteiger partial charge in [0, 0.05) is 13.0 Å². The molecular weight excluding hydrogens is 324 g/mol. The average molecular weight is 340 g/mol. The van der Waals surface area contributed by atoms with Gasteiger partial charge in [0.1, 0.15) is 5.02 Å². The SMILES string of the molecule is CCCCOCCC(Oc1nc(F)c(Cl)cc1Cl)C(=O)O. The maximum Gasteiger partial charge on any atom is 0.345 e. The Hall–Kier alpha value is -1.11. The second-order valence-electron chi connectivity index (χ2n) is 4.25. The summed E-state index contributed by atoms with van der Waals surface area (Å²) in [6.45, 7) is 2.79. The van der Waals surface area contributed by atoms with E-state index in [2.05, 4.69) is 4.98 Å². The molecule has 1 aromatic heterocycles. The molecule has 0 aliphatic rings. The lowest BCUT2D eigenvalue weighted by Gasteiger charge is -2.15. The van der Waals surface area contributed by atoms with Gasteiger partial charge < -0.3 is 14.6 Å². The number of ether oxygens (including phenoxy) is 2. The Morgan fingerprint density at radius 3 is 2.76 bits per heavy atom. The second-order valence-corrected chi connectivity index (χ2v) is 5.06. The summed E-state index contributed by atoms with van der Waals surface area (Å²) in [4.78, 5) is 14.5. The quantitative estimate of drug-likeness (QED) is 0.550. The molecule has 1 heterocycles. The summed E-state index contributed by atoms with van der Waals surface area (Å²) in [7, 11) is 0. The van der Waals surface area contributed by atoms with Crippen molar-refractivity contribution >= 4 is 29.2 Å². The van der Waals surface area contributed by atoms with E-state index in [0.29, 0.717) is 6.61 Å². The van der Waals surface area contributed by atoms with Crippen molar-refractivity contribution in [2.45, 2.75) is 32.3 Å². The maximum atomic E-state index is 13.2. The molecular formula is C13H16Cl2FNO4. The van der Waals surface area contributed by atoms with E-state index >= 15 is 0 Å². The third kappa shape index (κ3) is 6.03. The van der Waals surface area contributed by atoms with Crippen molar-refractivity contribution in [2.75, 3.05) is 13.2 Å². The molecule has 0 bridgehead atoms. The van der Waals surface area contributed by atoms with E-state index in [9.17, 15) is 9.18 Å². The summed E-state index contributed by atoms with van der Waals surface area (Å²) in [6, 6.07) is 1.11. The van der Waals surface area contributed by atoms with Crippen molar-refractivity contribution in [1.29, 1.82) is 0 Å². The van der Waals surface area contributed by atoms with Crippen LogP contribution in [0.1, 0.15) is 26.2 Å². The fourth-order valence-corrected chi connectivity index (χ4v) is 1.82. The Labute approximate surface area is 132 Å². The van der Waals surface area contributed by atoms with Crippen molar-refractivity contribution < 1.29 is 23.8 Å². The summed E-state index contributed by atoms with van der Waals surface area (Å²) < 4.78 is 23.6. The fourth-order valence-electron chi connectivity index (χ4n) is 1.42. The van der Waals surface area contributed by atoms with Gasteiger partial charge >= 0.3 is 5.97 Å². The molecule has 21 heavy (non-hydrogen) atoms. The molecule has 1 atom stereocenters. The van der Waals surface area contributed by atoms with Crippen molar-refractivity contribution in [3.63, 3.8) is 0 Å². The first kappa shape index (κ1) is 17.9. The maximum absolute atomic E-state index is 13.2. The molecule has 0 aliphatic carbocycles. The molecule has 0 spiro atoms. The molecule has 8 heteroatoms. The van der Waals surface area contributed by atoms with Gasteiger partial charge in [0.25, 0.3) is 0 Å². The molecule has 1 N–H and O–H groups in total. The minimum absolute atomic E-state index is 0.0560. The van der Waals surface area contributed by atoms with Gasteiger partial charge in [-0.05, 0) is 12.5 Å². The number of pyridine rings is 1. The average Bonchev–Trinajstić information content (AvgIpc) is 2.42. The van der Waals surface area contributed by atoms with Crippen LogP contribution in [0, 0.1) is 5.95 Å². The highest BCUT2D eigenvalue weighted by Crippen LogP contribution is 2.28. The van der Waals surface area contributed by atoms with E-state index in [1.165, 1.54) is 0 Å². The van der Waals surface area contributed by atoms with Crippen molar-refractivity contribution in [1.82, 2.24) is 4.98 Å². The number of nitrogens with zero attached hydrogens (tertiary/aromatic N) is 1. The van der Waals surface area contributed by atoms with Crippen LogP contribution in [0.4, 0.5) is 4.39 Å². The van der Waals surface area contributed by atoms with Gasteiger partial charge in [-0.25, -0.2) is 4.79 Å². The van der Waals surface area contributed by atoms with Crippen molar-refractivity contribution in [3.8, 4) is 5.88 Å². The van der Waals surface area contributed by atoms with E-state index in [0.717, 1.165) is 18.9 Å². The molecule has 0 fully saturated rings. The largest absolute Gasteiger partial charge is 0.479 e. The summed E-state index contributed by atoms with van der Waals surface area (Å²) in [5, 5.41) is 8.76. The lowest BCUT2D eigenvalue weighted by atomic mass is 10.2. The number of carboxylic acids is 1. The fraction of sp³-hybridized carbons (Fsp3) is 0.538. The van der Waals surface area contributed by atoms with Crippen LogP contribution in [-0.2, 0) is 9.53 Å². The highest BCUT2D eigenvalue weighted by molar-refractivity contribution is 6.35. The molecule has 1 aromatic rings. The first-order valence-corrected chi connectivity index (χ1v) is 7.20. The summed E-state index contributed by atoms with van der Waals surface area (Å²) in [6.07, 6.45) is 0.759. The summed E-state index contributed by atoms with van der Waals surface area (Å²) in [5.74, 6) is -2.48. The van der Waals surface area contributed by atoms with Gasteiger partial charge in [-0.15, -0.1) is 0 Å². The zero-order valence-corrected chi connectivity index (χ0v) is 13.0. The highest BCUT2D eigenvalue weighted by atomic mass is 35.5. The topological polar surface area (TPSA) is 68.7 Å². The van der Waals surface area contributed by atoms with Crippen LogP contribution >= 0.6 is 23.2 Å². The number of carboxylic acid groups (broad SMARTS) is 1. The van der Waals surface area contributed by atoms with E-state index in [1.54, 1.807) is 0 Å². The van der Waals surface area contributed by atoms with E-state index in [-0.39, 0.29) is 29.0 Å². The van der Waals surface area contributed by atoms with E-state index < -0.39 is 18.0 Å². The summed E-state index contributed by atoms with van der Waals surface area (Å²) >= 11 is 11.3. The Kier molecular flexibility index (Phi) is 7.71. The third-order valence-electron chi connectivity index (χ3n) is 2.55. The molecule has 5 nitrogen and oxygen atoms in total. The molecule has 0 aromatic carbocycles. The van der Waals surface area contributed by atoms with Crippen LogP contribution in [0.2, 0.25) is 10.0 Å². The number of unbranched alkanes of at least 4 members (excludes halogenated alkanes) is 1. The first-order chi connectivity index (χ1) is 9.95. The smallest absolute Gasteiger partial charge is 0.345 e. The first-order valence-electron chi connectivity index (χ1n) is 6.44. The Balaban J connectivity index is 2.62. The van der Waals surface area contributed by atoms with E-state index in [1.807, 2.05) is 6.92 Å². The van der Waals surface area contributed by atoms with Crippen LogP contribution in [0.25, 0.3) is 0 Å². The van der Waals surface area contributed by atoms with Gasteiger partial charge in [-0.1, -0.05) is 36.5 Å². The standard InChI is InChI=1S/C13H16Cl2FNO4/c1-2-3-5-20-6-4-10(13(18)19)21-12-9(15)7-8(14)11(16)17-12/h7,10H,2-6H2,1H3,(H,18,19). The number of carbonyl (C=O) groups is 1. The van der Waals surface area contributed by atoms with Gasteiger partial charge in [0.15, 0.2) is 6.10 Å². The zero-order chi connectivity index (χ0) is 15.8. The van der Waals surface area contributed by atoms with Crippen LogP contribution in [0.5, 0.6) is 5.88 Å². The van der Waals surface area contributed by atoms with Gasteiger partial charge in [-0.3, -0.25) is 0 Å².